The van der Waals surface area contributed by atoms with Crippen molar-refractivity contribution in [1.82, 2.24) is 10.2 Å². The van der Waals surface area contributed by atoms with Gasteiger partial charge in [-0.25, -0.2) is 0 Å². The summed E-state index contributed by atoms with van der Waals surface area (Å²) in [6, 6.07) is 2.82. The lowest BCUT2D eigenvalue weighted by atomic mass is 10.1. The first kappa shape index (κ1) is 16.3. The number of hydrogen-bond donors (Lipinski definition) is 2. The zero-order chi connectivity index (χ0) is 15.2. The third-order valence-electron chi connectivity index (χ3n) is 3.80. The van der Waals surface area contributed by atoms with E-state index >= 15 is 0 Å². The lowest BCUT2D eigenvalue weighted by Gasteiger charge is -2.31. The number of ether oxygens (including phenoxy) is 1. The van der Waals surface area contributed by atoms with Crippen molar-refractivity contribution in [2.45, 2.75) is 38.9 Å². The van der Waals surface area contributed by atoms with E-state index in [0.717, 1.165) is 26.1 Å². The number of thiophene rings is 1. The molecule has 5 nitrogen and oxygen atoms in total. The Kier molecular flexibility index (Phi) is 6.02. The molecule has 0 aromatic carbocycles. The van der Waals surface area contributed by atoms with E-state index in [0.29, 0.717) is 18.6 Å². The number of nitrogens with two attached hydrogens (primary N) is 1. The lowest BCUT2D eigenvalue weighted by molar-refractivity contribution is 0.179. The summed E-state index contributed by atoms with van der Waals surface area (Å²) < 4.78 is 5.07. The number of guanidine groups is 1. The third-order valence-corrected chi connectivity index (χ3v) is 4.82. The molecule has 0 saturated heterocycles. The van der Waals surface area contributed by atoms with Crippen molar-refractivity contribution < 1.29 is 4.74 Å². The SMILES string of the molecule is COCC(C)NC(N)=NCC(C)N1CCc2sccc2C1. The van der Waals surface area contributed by atoms with Gasteiger partial charge in [0, 0.05) is 37.2 Å². The van der Waals surface area contributed by atoms with Crippen molar-refractivity contribution in [3.05, 3.63) is 21.9 Å². The molecule has 1 aromatic heterocycles. The van der Waals surface area contributed by atoms with Gasteiger partial charge in [0.15, 0.2) is 5.96 Å². The third kappa shape index (κ3) is 4.69. The minimum Gasteiger partial charge on any atom is -0.383 e. The van der Waals surface area contributed by atoms with Gasteiger partial charge in [-0.05, 0) is 37.3 Å². The fourth-order valence-corrected chi connectivity index (χ4v) is 3.47. The first-order valence-electron chi connectivity index (χ1n) is 7.44. The maximum atomic E-state index is 5.91. The van der Waals surface area contributed by atoms with Crippen molar-refractivity contribution in [2.75, 3.05) is 26.8 Å². The Morgan fingerprint density at radius 2 is 2.38 bits per heavy atom. The van der Waals surface area contributed by atoms with Gasteiger partial charge in [-0.3, -0.25) is 9.89 Å². The summed E-state index contributed by atoms with van der Waals surface area (Å²) in [5, 5.41) is 5.33. The standard InChI is InChI=1S/C15H26N4OS/c1-11(10-20-3)18-15(16)17-8-12(2)19-6-4-14-13(9-19)5-7-21-14/h5,7,11-12H,4,6,8-10H2,1-3H3,(H3,16,17,18). The van der Waals surface area contributed by atoms with Crippen LogP contribution in [-0.4, -0.2) is 49.7 Å². The van der Waals surface area contributed by atoms with Gasteiger partial charge in [0.1, 0.15) is 0 Å². The zero-order valence-corrected chi connectivity index (χ0v) is 13.9. The molecule has 0 aliphatic carbocycles. The van der Waals surface area contributed by atoms with Crippen molar-refractivity contribution in [3.8, 4) is 0 Å². The second-order valence-corrected chi connectivity index (χ2v) is 6.67. The van der Waals surface area contributed by atoms with E-state index < -0.39 is 0 Å². The first-order chi connectivity index (χ1) is 10.1. The van der Waals surface area contributed by atoms with Gasteiger partial charge in [-0.15, -0.1) is 11.3 Å². The first-order valence-corrected chi connectivity index (χ1v) is 8.32. The predicted octanol–water partition coefficient (Wildman–Crippen LogP) is 1.43. The number of rotatable bonds is 6. The monoisotopic (exact) mass is 310 g/mol. The molecule has 2 rings (SSSR count). The van der Waals surface area contributed by atoms with E-state index in [1.165, 1.54) is 10.4 Å². The van der Waals surface area contributed by atoms with Crippen LogP contribution in [0.4, 0.5) is 0 Å². The van der Waals surface area contributed by atoms with Crippen molar-refractivity contribution >= 4 is 17.3 Å². The van der Waals surface area contributed by atoms with Crippen LogP contribution in [0.1, 0.15) is 24.3 Å². The minimum atomic E-state index is 0.178. The van der Waals surface area contributed by atoms with Gasteiger partial charge in [0.2, 0.25) is 0 Å². The molecule has 2 heterocycles. The van der Waals surface area contributed by atoms with Crippen molar-refractivity contribution in [2.24, 2.45) is 10.7 Å². The summed E-state index contributed by atoms with van der Waals surface area (Å²) >= 11 is 1.87. The normalized spacial score (nSPS) is 19.1. The Balaban J connectivity index is 1.80. The van der Waals surface area contributed by atoms with E-state index in [9.17, 15) is 0 Å². The molecule has 118 valence electrons. The molecule has 0 amide bonds. The van der Waals surface area contributed by atoms with Crippen molar-refractivity contribution in [3.63, 3.8) is 0 Å². The molecule has 21 heavy (non-hydrogen) atoms. The van der Waals surface area contributed by atoms with Gasteiger partial charge in [0.05, 0.1) is 13.2 Å². The van der Waals surface area contributed by atoms with Crippen LogP contribution < -0.4 is 11.1 Å². The van der Waals surface area contributed by atoms with Crippen molar-refractivity contribution in [1.29, 1.82) is 0 Å². The maximum absolute atomic E-state index is 5.91. The van der Waals surface area contributed by atoms with Gasteiger partial charge >= 0.3 is 0 Å². The van der Waals surface area contributed by atoms with Crippen LogP contribution in [0.3, 0.4) is 0 Å². The Labute approximate surface area is 131 Å². The Morgan fingerprint density at radius 1 is 1.57 bits per heavy atom. The Bertz CT molecular complexity index is 474. The molecule has 0 saturated carbocycles. The Hall–Kier alpha value is -1.11. The van der Waals surface area contributed by atoms with E-state index in [1.807, 2.05) is 18.3 Å². The van der Waals surface area contributed by atoms with Gasteiger partial charge < -0.3 is 15.8 Å². The molecule has 1 aliphatic rings. The molecule has 1 aromatic rings. The summed E-state index contributed by atoms with van der Waals surface area (Å²) in [5.41, 5.74) is 7.38. The zero-order valence-electron chi connectivity index (χ0n) is 13.1. The highest BCUT2D eigenvalue weighted by Crippen LogP contribution is 2.25. The molecule has 0 fully saturated rings. The van der Waals surface area contributed by atoms with Crippen LogP contribution in [-0.2, 0) is 17.7 Å². The summed E-state index contributed by atoms with van der Waals surface area (Å²) in [7, 11) is 1.68. The molecular formula is C15H26N4OS. The second kappa shape index (κ2) is 7.77. The number of fused-ring (bicyclic) bond motifs is 1. The highest BCUT2D eigenvalue weighted by Gasteiger charge is 2.21. The molecule has 1 aliphatic heterocycles. The Morgan fingerprint density at radius 3 is 3.14 bits per heavy atom. The van der Waals surface area contributed by atoms with Crippen LogP contribution in [0.25, 0.3) is 0 Å². The molecule has 6 heteroatoms. The summed E-state index contributed by atoms with van der Waals surface area (Å²) in [6.07, 6.45) is 1.15. The van der Waals surface area contributed by atoms with Crippen LogP contribution in [0.5, 0.6) is 0 Å². The van der Waals surface area contributed by atoms with Crippen LogP contribution >= 0.6 is 11.3 Å². The quantitative estimate of drug-likeness (QED) is 0.616. The van der Waals surface area contributed by atoms with Crippen LogP contribution in [0.2, 0.25) is 0 Å². The molecule has 3 N–H and O–H groups in total. The number of aliphatic imine (C=N–C) groups is 1. The van der Waals surface area contributed by atoms with E-state index in [1.54, 1.807) is 7.11 Å². The van der Waals surface area contributed by atoms with Crippen LogP contribution in [0, 0.1) is 0 Å². The molecule has 0 radical (unpaired) electrons. The molecule has 2 atom stereocenters. The smallest absolute Gasteiger partial charge is 0.188 e. The van der Waals surface area contributed by atoms with E-state index in [2.05, 4.69) is 33.6 Å². The second-order valence-electron chi connectivity index (χ2n) is 5.67. The molecular weight excluding hydrogens is 284 g/mol. The van der Waals surface area contributed by atoms with Crippen LogP contribution in [0.15, 0.2) is 16.4 Å². The highest BCUT2D eigenvalue weighted by atomic mass is 32.1. The summed E-state index contributed by atoms with van der Waals surface area (Å²) in [5.74, 6) is 0.500. The molecule has 0 spiro atoms. The molecule has 2 unspecified atom stereocenters. The predicted molar refractivity (Wildman–Crippen MR) is 88.9 cm³/mol. The van der Waals surface area contributed by atoms with Gasteiger partial charge in [-0.2, -0.15) is 0 Å². The van der Waals surface area contributed by atoms with E-state index in [4.69, 9.17) is 10.5 Å². The number of hydrogen-bond acceptors (Lipinski definition) is 4. The average Bonchev–Trinajstić information content (AvgIpc) is 2.92. The number of nitrogens with one attached hydrogen (secondary N) is 1. The lowest BCUT2D eigenvalue weighted by Crippen LogP contribution is -2.42. The fourth-order valence-electron chi connectivity index (χ4n) is 2.58. The van der Waals surface area contributed by atoms with E-state index in [-0.39, 0.29) is 6.04 Å². The van der Waals surface area contributed by atoms with Gasteiger partial charge in [0.25, 0.3) is 0 Å². The number of methoxy groups -OCH3 is 1. The highest BCUT2D eigenvalue weighted by molar-refractivity contribution is 7.10. The molecule has 0 bridgehead atoms. The topological polar surface area (TPSA) is 62.9 Å². The fraction of sp³-hybridized carbons (Fsp3) is 0.667. The van der Waals surface area contributed by atoms with Gasteiger partial charge in [-0.1, -0.05) is 0 Å². The minimum absolute atomic E-state index is 0.178. The summed E-state index contributed by atoms with van der Waals surface area (Å²) in [4.78, 5) is 8.47. The summed E-state index contributed by atoms with van der Waals surface area (Å²) in [6.45, 7) is 7.72. The average molecular weight is 310 g/mol. The largest absolute Gasteiger partial charge is 0.383 e. The maximum Gasteiger partial charge on any atom is 0.188 e. The number of nitrogens with zero attached hydrogens (tertiary/aromatic N) is 2.